The van der Waals surface area contributed by atoms with E-state index in [1.165, 1.54) is 5.56 Å². The molecule has 1 N–H and O–H groups in total. The largest absolute Gasteiger partial charge is 0.308 e. The lowest BCUT2D eigenvalue weighted by Gasteiger charge is -2.36. The molecule has 2 aromatic rings. The van der Waals surface area contributed by atoms with Gasteiger partial charge >= 0.3 is 0 Å². The third-order valence-corrected chi connectivity index (χ3v) is 5.30. The Morgan fingerprint density at radius 2 is 2.12 bits per heavy atom. The van der Waals surface area contributed by atoms with Gasteiger partial charge in [-0.15, -0.1) is 0 Å². The van der Waals surface area contributed by atoms with Crippen LogP contribution in [-0.2, 0) is 24.2 Å². The van der Waals surface area contributed by atoms with Gasteiger partial charge in [0.05, 0.1) is 13.1 Å². The lowest BCUT2D eigenvalue weighted by molar-refractivity contribution is -0.118. The highest BCUT2D eigenvalue weighted by Gasteiger charge is 2.28. The molecule has 0 radical (unpaired) electrons. The number of anilines is 1. The monoisotopic (exact) mass is 339 g/mol. The van der Waals surface area contributed by atoms with Gasteiger partial charge in [0.25, 0.3) is 0 Å². The van der Waals surface area contributed by atoms with Gasteiger partial charge in [-0.05, 0) is 44.7 Å². The number of amides is 1. The van der Waals surface area contributed by atoms with E-state index in [2.05, 4.69) is 40.5 Å². The molecule has 0 saturated carbocycles. The second kappa shape index (κ2) is 6.59. The average Bonchev–Trinajstić information content (AvgIpc) is 2.98. The molecule has 0 spiro atoms. The molecule has 0 fully saturated rings. The third-order valence-electron chi connectivity index (χ3n) is 5.30. The molecule has 6 nitrogen and oxygen atoms in total. The molecular weight excluding hydrogens is 314 g/mol. The maximum Gasteiger partial charge on any atom is 0.241 e. The topological polar surface area (TPSA) is 63.1 Å². The van der Waals surface area contributed by atoms with Crippen LogP contribution in [0, 0.1) is 6.92 Å². The van der Waals surface area contributed by atoms with Gasteiger partial charge in [0.1, 0.15) is 11.6 Å². The standard InChI is InChI=1S/C19H25N5O/c1-13-7-8-15-5-3-4-6-17(15)24(13)19(25)11-20-16-9-10-18-21-14(2)22-23(18)12-16/h3-6,13,16,20H,7-12H2,1-2H3/t13-,16+/m0/s1. The van der Waals surface area contributed by atoms with Crippen LogP contribution in [0.1, 0.15) is 37.0 Å². The highest BCUT2D eigenvalue weighted by atomic mass is 16.2. The van der Waals surface area contributed by atoms with E-state index < -0.39 is 0 Å². The second-order valence-corrected chi connectivity index (χ2v) is 7.15. The summed E-state index contributed by atoms with van der Waals surface area (Å²) in [4.78, 5) is 19.3. The number of carbonyl (C=O) groups excluding carboxylic acids is 1. The van der Waals surface area contributed by atoms with E-state index in [0.29, 0.717) is 6.54 Å². The zero-order valence-corrected chi connectivity index (χ0v) is 14.9. The molecule has 6 heteroatoms. The number of fused-ring (bicyclic) bond motifs is 2. The van der Waals surface area contributed by atoms with Gasteiger partial charge in [-0.3, -0.25) is 4.79 Å². The van der Waals surface area contributed by atoms with Crippen LogP contribution in [0.5, 0.6) is 0 Å². The Kier molecular flexibility index (Phi) is 4.29. The fraction of sp³-hybridized carbons (Fsp3) is 0.526. The molecule has 0 bridgehead atoms. The summed E-state index contributed by atoms with van der Waals surface area (Å²) in [7, 11) is 0. The third kappa shape index (κ3) is 3.18. The minimum Gasteiger partial charge on any atom is -0.308 e. The highest BCUT2D eigenvalue weighted by Crippen LogP contribution is 2.30. The van der Waals surface area contributed by atoms with Crippen molar-refractivity contribution in [3.8, 4) is 0 Å². The minimum atomic E-state index is 0.153. The lowest BCUT2D eigenvalue weighted by Crippen LogP contribution is -2.49. The Morgan fingerprint density at radius 3 is 3.00 bits per heavy atom. The van der Waals surface area contributed by atoms with Gasteiger partial charge in [-0.1, -0.05) is 18.2 Å². The Hall–Kier alpha value is -2.21. The van der Waals surface area contributed by atoms with E-state index in [9.17, 15) is 4.79 Å². The summed E-state index contributed by atoms with van der Waals surface area (Å²) in [6.07, 6.45) is 3.98. The summed E-state index contributed by atoms with van der Waals surface area (Å²) in [6.45, 7) is 5.22. The smallest absolute Gasteiger partial charge is 0.241 e. The molecule has 132 valence electrons. The quantitative estimate of drug-likeness (QED) is 0.927. The molecule has 2 aliphatic rings. The van der Waals surface area contributed by atoms with Crippen molar-refractivity contribution in [2.24, 2.45) is 0 Å². The Balaban J connectivity index is 1.41. The molecule has 1 aromatic carbocycles. The number of nitrogens with one attached hydrogen (secondary N) is 1. The molecule has 0 unspecified atom stereocenters. The van der Waals surface area contributed by atoms with Crippen LogP contribution >= 0.6 is 0 Å². The van der Waals surface area contributed by atoms with Crippen molar-refractivity contribution < 1.29 is 4.79 Å². The van der Waals surface area contributed by atoms with Crippen molar-refractivity contribution in [1.82, 2.24) is 20.1 Å². The summed E-state index contributed by atoms with van der Waals surface area (Å²) in [5, 5.41) is 7.87. The molecular formula is C19H25N5O. The highest BCUT2D eigenvalue weighted by molar-refractivity contribution is 5.96. The number of hydrogen-bond donors (Lipinski definition) is 1. The summed E-state index contributed by atoms with van der Waals surface area (Å²) < 4.78 is 1.97. The van der Waals surface area contributed by atoms with Crippen LogP contribution in [0.3, 0.4) is 0 Å². The van der Waals surface area contributed by atoms with Gasteiger partial charge in [0, 0.05) is 24.2 Å². The normalized spacial score (nSPS) is 22.4. The van der Waals surface area contributed by atoms with E-state index in [4.69, 9.17) is 0 Å². The average molecular weight is 339 g/mol. The van der Waals surface area contributed by atoms with Gasteiger partial charge in [0.2, 0.25) is 5.91 Å². The van der Waals surface area contributed by atoms with Crippen molar-refractivity contribution in [2.45, 2.75) is 58.2 Å². The van der Waals surface area contributed by atoms with E-state index in [1.54, 1.807) is 0 Å². The van der Waals surface area contributed by atoms with Gasteiger partial charge in [0.15, 0.2) is 0 Å². The van der Waals surface area contributed by atoms with E-state index in [-0.39, 0.29) is 18.0 Å². The van der Waals surface area contributed by atoms with Crippen molar-refractivity contribution in [3.05, 3.63) is 41.5 Å². The Bertz CT molecular complexity index is 784. The van der Waals surface area contributed by atoms with Crippen molar-refractivity contribution in [3.63, 3.8) is 0 Å². The fourth-order valence-corrected chi connectivity index (χ4v) is 3.99. The summed E-state index contributed by atoms with van der Waals surface area (Å²) in [6, 6.07) is 8.78. The van der Waals surface area contributed by atoms with Gasteiger partial charge < -0.3 is 10.2 Å². The fourth-order valence-electron chi connectivity index (χ4n) is 3.99. The zero-order valence-electron chi connectivity index (χ0n) is 14.9. The number of aromatic nitrogens is 3. The Morgan fingerprint density at radius 1 is 1.28 bits per heavy atom. The van der Waals surface area contributed by atoms with Crippen LogP contribution in [-0.4, -0.2) is 39.3 Å². The molecule has 2 aliphatic heterocycles. The molecule has 0 aliphatic carbocycles. The van der Waals surface area contributed by atoms with Crippen LogP contribution < -0.4 is 10.2 Å². The number of benzene rings is 1. The number of para-hydroxylation sites is 1. The first-order chi connectivity index (χ1) is 12.1. The first-order valence-corrected chi connectivity index (χ1v) is 9.15. The molecule has 1 aromatic heterocycles. The van der Waals surface area contributed by atoms with Crippen LogP contribution in [0.4, 0.5) is 5.69 Å². The Labute approximate surface area is 148 Å². The van der Waals surface area contributed by atoms with E-state index in [0.717, 1.165) is 49.6 Å². The maximum atomic E-state index is 12.9. The van der Waals surface area contributed by atoms with Crippen molar-refractivity contribution in [2.75, 3.05) is 11.4 Å². The zero-order chi connectivity index (χ0) is 17.4. The molecule has 25 heavy (non-hydrogen) atoms. The first-order valence-electron chi connectivity index (χ1n) is 9.15. The molecule has 1 amide bonds. The molecule has 0 saturated heterocycles. The summed E-state index contributed by atoms with van der Waals surface area (Å²) >= 11 is 0. The van der Waals surface area contributed by atoms with Crippen LogP contribution in [0.15, 0.2) is 24.3 Å². The molecule has 3 heterocycles. The summed E-state index contributed by atoms with van der Waals surface area (Å²) in [5.41, 5.74) is 2.35. The lowest BCUT2D eigenvalue weighted by atomic mass is 9.96. The van der Waals surface area contributed by atoms with Gasteiger partial charge in [-0.2, -0.15) is 5.10 Å². The van der Waals surface area contributed by atoms with Crippen molar-refractivity contribution in [1.29, 1.82) is 0 Å². The number of nitrogens with zero attached hydrogens (tertiary/aromatic N) is 4. The molecule has 2 atom stereocenters. The maximum absolute atomic E-state index is 12.9. The van der Waals surface area contributed by atoms with Crippen LogP contribution in [0.25, 0.3) is 0 Å². The van der Waals surface area contributed by atoms with Crippen molar-refractivity contribution >= 4 is 11.6 Å². The number of hydrogen-bond acceptors (Lipinski definition) is 4. The van der Waals surface area contributed by atoms with E-state index in [1.807, 2.05) is 22.6 Å². The summed E-state index contributed by atoms with van der Waals surface area (Å²) in [5.74, 6) is 2.03. The van der Waals surface area contributed by atoms with E-state index >= 15 is 0 Å². The molecule has 4 rings (SSSR count). The predicted octanol–water partition coefficient (Wildman–Crippen LogP) is 1.86. The number of carbonyl (C=O) groups is 1. The minimum absolute atomic E-state index is 0.153. The second-order valence-electron chi connectivity index (χ2n) is 7.15. The van der Waals surface area contributed by atoms with Gasteiger partial charge in [-0.25, -0.2) is 9.67 Å². The first kappa shape index (κ1) is 16.3. The number of rotatable bonds is 3. The predicted molar refractivity (Wildman–Crippen MR) is 96.6 cm³/mol. The number of aryl methyl sites for hydroxylation is 3. The van der Waals surface area contributed by atoms with Crippen LogP contribution in [0.2, 0.25) is 0 Å². The SMILES string of the molecule is Cc1nc2n(n1)C[C@H](NCC(=O)N1c3ccccc3CC[C@@H]1C)CC2.